The quantitative estimate of drug-likeness (QED) is 0.749. The minimum absolute atomic E-state index is 0.282. The van der Waals surface area contributed by atoms with E-state index < -0.39 is 5.97 Å². The Labute approximate surface area is 130 Å². The molecular formula is C16H11ClO3S. The summed E-state index contributed by atoms with van der Waals surface area (Å²) in [6, 6.07) is 12.3. The molecule has 1 aromatic heterocycles. The van der Waals surface area contributed by atoms with E-state index in [1.807, 2.05) is 23.6 Å². The predicted octanol–water partition coefficient (Wildman–Crippen LogP) is 4.83. The number of hydrogen-bond acceptors (Lipinski definition) is 3. The second-order valence-electron chi connectivity index (χ2n) is 4.52. The van der Waals surface area contributed by atoms with Crippen molar-refractivity contribution in [2.45, 2.75) is 6.61 Å². The molecule has 0 aliphatic heterocycles. The van der Waals surface area contributed by atoms with Crippen molar-refractivity contribution in [3.63, 3.8) is 0 Å². The van der Waals surface area contributed by atoms with Crippen LogP contribution in [-0.2, 0) is 6.61 Å². The van der Waals surface area contributed by atoms with E-state index in [0.717, 1.165) is 15.6 Å². The van der Waals surface area contributed by atoms with Crippen molar-refractivity contribution in [3.05, 3.63) is 64.0 Å². The number of carbonyl (C=O) groups is 1. The molecule has 3 nitrogen and oxygen atoms in total. The number of hydrogen-bond donors (Lipinski definition) is 1. The number of fused-ring (bicyclic) bond motifs is 1. The molecule has 106 valence electrons. The van der Waals surface area contributed by atoms with Gasteiger partial charge in [0.2, 0.25) is 0 Å². The van der Waals surface area contributed by atoms with Crippen LogP contribution in [0.4, 0.5) is 0 Å². The Morgan fingerprint density at radius 1 is 1.24 bits per heavy atom. The van der Waals surface area contributed by atoms with Gasteiger partial charge in [-0.05, 0) is 47.2 Å². The summed E-state index contributed by atoms with van der Waals surface area (Å²) in [6.45, 7) is 0.378. The fraction of sp³-hybridized carbons (Fsp3) is 0.0625. The number of aromatic carboxylic acids is 1. The van der Waals surface area contributed by atoms with Crippen molar-refractivity contribution < 1.29 is 14.6 Å². The van der Waals surface area contributed by atoms with Crippen LogP contribution in [0.2, 0.25) is 5.02 Å². The normalized spacial score (nSPS) is 10.7. The van der Waals surface area contributed by atoms with Gasteiger partial charge in [-0.3, -0.25) is 0 Å². The standard InChI is InChI=1S/C16H11ClO3S/c17-12-2-1-3-13(7-12)20-8-11-9-21-15-5-4-10(16(18)19)6-14(11)15/h1-7,9H,8H2,(H,18,19). The van der Waals surface area contributed by atoms with Gasteiger partial charge in [0, 0.05) is 15.3 Å². The molecular weight excluding hydrogens is 308 g/mol. The Hall–Kier alpha value is -2.04. The van der Waals surface area contributed by atoms with E-state index in [9.17, 15) is 4.79 Å². The summed E-state index contributed by atoms with van der Waals surface area (Å²) in [7, 11) is 0. The average Bonchev–Trinajstić information content (AvgIpc) is 2.87. The highest BCUT2D eigenvalue weighted by Crippen LogP contribution is 2.28. The maximum atomic E-state index is 11.1. The molecule has 0 aliphatic rings. The highest BCUT2D eigenvalue weighted by Gasteiger charge is 2.09. The fourth-order valence-electron chi connectivity index (χ4n) is 2.04. The summed E-state index contributed by atoms with van der Waals surface area (Å²) in [4.78, 5) is 11.1. The molecule has 1 heterocycles. The maximum Gasteiger partial charge on any atom is 0.335 e. The Bertz CT molecular complexity index is 810. The van der Waals surface area contributed by atoms with Crippen molar-refractivity contribution in [1.82, 2.24) is 0 Å². The van der Waals surface area contributed by atoms with Gasteiger partial charge in [-0.25, -0.2) is 4.79 Å². The molecule has 1 N–H and O–H groups in total. The second kappa shape index (κ2) is 5.76. The van der Waals surface area contributed by atoms with E-state index in [1.165, 1.54) is 0 Å². The highest BCUT2D eigenvalue weighted by molar-refractivity contribution is 7.17. The molecule has 3 aromatic rings. The molecule has 0 fully saturated rings. The third-order valence-corrected chi connectivity index (χ3v) is 4.34. The minimum Gasteiger partial charge on any atom is -0.489 e. The van der Waals surface area contributed by atoms with Gasteiger partial charge < -0.3 is 9.84 Å². The van der Waals surface area contributed by atoms with Gasteiger partial charge in [-0.1, -0.05) is 17.7 Å². The van der Waals surface area contributed by atoms with Crippen molar-refractivity contribution in [2.24, 2.45) is 0 Å². The van der Waals surface area contributed by atoms with Crippen LogP contribution < -0.4 is 4.74 Å². The first-order valence-electron chi connectivity index (χ1n) is 6.25. The van der Waals surface area contributed by atoms with Crippen molar-refractivity contribution in [2.75, 3.05) is 0 Å². The number of rotatable bonds is 4. The second-order valence-corrected chi connectivity index (χ2v) is 5.87. The summed E-state index contributed by atoms with van der Waals surface area (Å²) < 4.78 is 6.76. The first kappa shape index (κ1) is 13.9. The van der Waals surface area contributed by atoms with Gasteiger partial charge in [-0.15, -0.1) is 11.3 Å². The molecule has 0 radical (unpaired) electrons. The number of ether oxygens (including phenoxy) is 1. The summed E-state index contributed by atoms with van der Waals surface area (Å²) in [6.07, 6.45) is 0. The minimum atomic E-state index is -0.926. The molecule has 0 aliphatic carbocycles. The number of halogens is 1. The molecule has 0 spiro atoms. The number of benzene rings is 2. The van der Waals surface area contributed by atoms with Crippen LogP contribution in [0.5, 0.6) is 5.75 Å². The number of carboxylic acid groups (broad SMARTS) is 1. The molecule has 5 heteroatoms. The van der Waals surface area contributed by atoms with Gasteiger partial charge in [0.15, 0.2) is 0 Å². The van der Waals surface area contributed by atoms with Crippen LogP contribution in [-0.4, -0.2) is 11.1 Å². The average molecular weight is 319 g/mol. The van der Waals surface area contributed by atoms with Crippen LogP contribution in [0, 0.1) is 0 Å². The van der Waals surface area contributed by atoms with Crippen LogP contribution in [0.1, 0.15) is 15.9 Å². The topological polar surface area (TPSA) is 46.5 Å². The zero-order chi connectivity index (χ0) is 14.8. The largest absolute Gasteiger partial charge is 0.489 e. The molecule has 0 unspecified atom stereocenters. The summed E-state index contributed by atoms with van der Waals surface area (Å²) in [5.41, 5.74) is 1.25. The molecule has 0 saturated carbocycles. The van der Waals surface area contributed by atoms with E-state index in [2.05, 4.69) is 0 Å². The van der Waals surface area contributed by atoms with E-state index >= 15 is 0 Å². The first-order chi connectivity index (χ1) is 10.1. The lowest BCUT2D eigenvalue weighted by Gasteiger charge is -2.06. The Morgan fingerprint density at radius 2 is 2.10 bits per heavy atom. The van der Waals surface area contributed by atoms with E-state index in [1.54, 1.807) is 35.6 Å². The van der Waals surface area contributed by atoms with E-state index in [0.29, 0.717) is 17.4 Å². The van der Waals surface area contributed by atoms with Gasteiger partial charge >= 0.3 is 5.97 Å². The SMILES string of the molecule is O=C(O)c1ccc2scc(COc3cccc(Cl)c3)c2c1. The molecule has 0 bridgehead atoms. The van der Waals surface area contributed by atoms with Crippen LogP contribution in [0.15, 0.2) is 47.8 Å². The lowest BCUT2D eigenvalue weighted by atomic mass is 10.1. The smallest absolute Gasteiger partial charge is 0.335 e. The van der Waals surface area contributed by atoms with Crippen LogP contribution in [0.25, 0.3) is 10.1 Å². The van der Waals surface area contributed by atoms with Crippen LogP contribution >= 0.6 is 22.9 Å². The van der Waals surface area contributed by atoms with E-state index in [4.69, 9.17) is 21.4 Å². The third-order valence-electron chi connectivity index (χ3n) is 3.09. The molecule has 21 heavy (non-hydrogen) atoms. The lowest BCUT2D eigenvalue weighted by Crippen LogP contribution is -1.97. The third kappa shape index (κ3) is 3.01. The van der Waals surface area contributed by atoms with Crippen molar-refractivity contribution in [1.29, 1.82) is 0 Å². The maximum absolute atomic E-state index is 11.1. The Morgan fingerprint density at radius 3 is 2.86 bits per heavy atom. The Kier molecular flexibility index (Phi) is 3.82. The van der Waals surface area contributed by atoms with Crippen molar-refractivity contribution >= 4 is 39.0 Å². The highest BCUT2D eigenvalue weighted by atomic mass is 35.5. The zero-order valence-electron chi connectivity index (χ0n) is 10.9. The van der Waals surface area contributed by atoms with Gasteiger partial charge in [0.1, 0.15) is 12.4 Å². The number of thiophene rings is 1. The van der Waals surface area contributed by atoms with E-state index in [-0.39, 0.29) is 5.56 Å². The van der Waals surface area contributed by atoms with Gasteiger partial charge in [-0.2, -0.15) is 0 Å². The van der Waals surface area contributed by atoms with Gasteiger partial charge in [0.05, 0.1) is 5.56 Å². The predicted molar refractivity (Wildman–Crippen MR) is 84.6 cm³/mol. The first-order valence-corrected chi connectivity index (χ1v) is 7.51. The van der Waals surface area contributed by atoms with Gasteiger partial charge in [0.25, 0.3) is 0 Å². The fourth-order valence-corrected chi connectivity index (χ4v) is 3.15. The molecule has 2 aromatic carbocycles. The monoisotopic (exact) mass is 318 g/mol. The summed E-state index contributed by atoms with van der Waals surface area (Å²) >= 11 is 7.49. The summed E-state index contributed by atoms with van der Waals surface area (Å²) in [5, 5.41) is 12.6. The summed E-state index contributed by atoms with van der Waals surface area (Å²) in [5.74, 6) is -0.235. The number of carboxylic acids is 1. The zero-order valence-corrected chi connectivity index (χ0v) is 12.4. The molecule has 0 saturated heterocycles. The Balaban J connectivity index is 1.86. The van der Waals surface area contributed by atoms with Crippen LogP contribution in [0.3, 0.4) is 0 Å². The molecule has 0 atom stereocenters. The lowest BCUT2D eigenvalue weighted by molar-refractivity contribution is 0.0697. The molecule has 3 rings (SSSR count). The molecule has 0 amide bonds. The van der Waals surface area contributed by atoms with Crippen molar-refractivity contribution in [3.8, 4) is 5.75 Å².